The van der Waals surface area contributed by atoms with Crippen LogP contribution in [0.2, 0.25) is 0 Å². The van der Waals surface area contributed by atoms with Gasteiger partial charge in [0, 0.05) is 36.6 Å². The molecule has 2 amide bonds. The number of carbonyl (C=O) groups excluding carboxylic acids is 2. The monoisotopic (exact) mass is 479 g/mol. The molecule has 1 aromatic heterocycles. The predicted molar refractivity (Wildman–Crippen MR) is 127 cm³/mol. The standard InChI is InChI=1S/C26H33N5O4/c1-2-34-25(33)31-19-7-8-20(31)14-21(13-19)29-11-9-26(10-12-29)17-30(24(32)23-15-27-35-28-23)16-18-5-3-4-6-22(18)26/h3-6,15,19-21H,2,7-14,16-17H2,1H3. The maximum Gasteiger partial charge on any atom is 0.410 e. The van der Waals surface area contributed by atoms with Crippen LogP contribution in [-0.4, -0.2) is 81.4 Å². The minimum atomic E-state index is -0.137. The molecule has 6 rings (SSSR count). The summed E-state index contributed by atoms with van der Waals surface area (Å²) in [6.07, 6.45) is 7.51. The SMILES string of the molecule is CCOC(=O)N1C2CCC1CC(N1CCC3(CC1)CN(C(=O)c1cnon1)Cc1ccccc13)C2. The van der Waals surface area contributed by atoms with Gasteiger partial charge in [0.05, 0.1) is 6.61 Å². The molecule has 4 aliphatic heterocycles. The predicted octanol–water partition coefficient (Wildman–Crippen LogP) is 3.21. The Morgan fingerprint density at radius 3 is 2.54 bits per heavy atom. The van der Waals surface area contributed by atoms with Crippen LogP contribution < -0.4 is 0 Å². The Balaban J connectivity index is 1.17. The molecule has 1 spiro atoms. The van der Waals surface area contributed by atoms with Gasteiger partial charge in [0.1, 0.15) is 6.20 Å². The van der Waals surface area contributed by atoms with Crippen LogP contribution in [-0.2, 0) is 16.7 Å². The Labute approximate surface area is 205 Å². The van der Waals surface area contributed by atoms with Crippen LogP contribution in [0, 0.1) is 0 Å². The van der Waals surface area contributed by atoms with Crippen LogP contribution in [0.1, 0.15) is 67.1 Å². The Morgan fingerprint density at radius 2 is 1.86 bits per heavy atom. The largest absolute Gasteiger partial charge is 0.450 e. The Hall–Kier alpha value is -2.94. The molecule has 35 heavy (non-hydrogen) atoms. The lowest BCUT2D eigenvalue weighted by atomic mass is 9.68. The van der Waals surface area contributed by atoms with E-state index in [-0.39, 0.29) is 23.1 Å². The zero-order chi connectivity index (χ0) is 24.0. The van der Waals surface area contributed by atoms with Crippen LogP contribution in [0.15, 0.2) is 35.1 Å². The highest BCUT2D eigenvalue weighted by Crippen LogP contribution is 2.44. The number of hydrogen-bond donors (Lipinski definition) is 0. The third-order valence-corrected chi connectivity index (χ3v) is 8.77. The molecule has 3 fully saturated rings. The van der Waals surface area contributed by atoms with Crippen molar-refractivity contribution in [2.75, 3.05) is 26.2 Å². The maximum atomic E-state index is 13.1. The van der Waals surface area contributed by atoms with Crippen molar-refractivity contribution in [3.05, 3.63) is 47.3 Å². The summed E-state index contributed by atoms with van der Waals surface area (Å²) >= 11 is 0. The first-order valence-electron chi connectivity index (χ1n) is 12.9. The second kappa shape index (κ2) is 8.93. The number of aromatic nitrogens is 2. The van der Waals surface area contributed by atoms with Crippen molar-refractivity contribution in [3.63, 3.8) is 0 Å². The summed E-state index contributed by atoms with van der Waals surface area (Å²) in [5, 5.41) is 7.40. The number of likely N-dealkylation sites (tertiary alicyclic amines) is 1. The van der Waals surface area contributed by atoms with E-state index in [1.54, 1.807) is 0 Å². The van der Waals surface area contributed by atoms with E-state index in [1.165, 1.54) is 17.3 Å². The van der Waals surface area contributed by atoms with Crippen LogP contribution >= 0.6 is 0 Å². The highest BCUT2D eigenvalue weighted by molar-refractivity contribution is 5.92. The molecule has 0 N–H and O–H groups in total. The van der Waals surface area contributed by atoms with Gasteiger partial charge in [-0.3, -0.25) is 4.79 Å². The lowest BCUT2D eigenvalue weighted by molar-refractivity contribution is 0.0190. The molecule has 2 unspecified atom stereocenters. The quantitative estimate of drug-likeness (QED) is 0.667. The minimum absolute atomic E-state index is 0.0528. The number of nitrogens with zero attached hydrogens (tertiary/aromatic N) is 5. The summed E-state index contributed by atoms with van der Waals surface area (Å²) in [5.41, 5.74) is 2.82. The fraction of sp³-hybridized carbons (Fsp3) is 0.615. The number of fused-ring (bicyclic) bond motifs is 4. The number of piperidine rings is 2. The molecule has 2 atom stereocenters. The van der Waals surface area contributed by atoms with Crippen LogP contribution in [0.25, 0.3) is 0 Å². The van der Waals surface area contributed by atoms with Gasteiger partial charge in [0.25, 0.3) is 5.91 Å². The van der Waals surface area contributed by atoms with Gasteiger partial charge < -0.3 is 19.4 Å². The van der Waals surface area contributed by atoms with Gasteiger partial charge in [-0.25, -0.2) is 9.42 Å². The van der Waals surface area contributed by atoms with Gasteiger partial charge in [0.2, 0.25) is 0 Å². The highest BCUT2D eigenvalue weighted by atomic mass is 16.6. The molecule has 2 aromatic rings. The zero-order valence-corrected chi connectivity index (χ0v) is 20.3. The average Bonchev–Trinajstić information content (AvgIpc) is 3.50. The lowest BCUT2D eigenvalue weighted by Gasteiger charge is -2.51. The number of hydrogen-bond acceptors (Lipinski definition) is 7. The number of ether oxygens (including phenoxy) is 1. The molecule has 5 heterocycles. The fourth-order valence-corrected chi connectivity index (χ4v) is 7.14. The number of carbonyl (C=O) groups is 2. The summed E-state index contributed by atoms with van der Waals surface area (Å²) in [6, 6.07) is 9.68. The summed E-state index contributed by atoms with van der Waals surface area (Å²) in [6.45, 7) is 5.59. The molecular weight excluding hydrogens is 446 g/mol. The van der Waals surface area contributed by atoms with Crippen molar-refractivity contribution in [2.45, 2.75) is 75.5 Å². The van der Waals surface area contributed by atoms with Gasteiger partial charge in [-0.1, -0.05) is 29.4 Å². The van der Waals surface area contributed by atoms with Gasteiger partial charge in [0.15, 0.2) is 5.69 Å². The van der Waals surface area contributed by atoms with Crippen molar-refractivity contribution < 1.29 is 19.0 Å². The average molecular weight is 480 g/mol. The number of benzene rings is 1. The summed E-state index contributed by atoms with van der Waals surface area (Å²) in [5.74, 6) is -0.120. The van der Waals surface area contributed by atoms with Crippen molar-refractivity contribution in [2.24, 2.45) is 0 Å². The lowest BCUT2D eigenvalue weighted by Crippen LogP contribution is -2.57. The molecule has 2 bridgehead atoms. The fourth-order valence-electron chi connectivity index (χ4n) is 7.14. The van der Waals surface area contributed by atoms with Crippen LogP contribution in [0.4, 0.5) is 4.79 Å². The van der Waals surface area contributed by atoms with Crippen molar-refractivity contribution in [1.29, 1.82) is 0 Å². The van der Waals surface area contributed by atoms with E-state index in [9.17, 15) is 9.59 Å². The topological polar surface area (TPSA) is 92.0 Å². The van der Waals surface area contributed by atoms with Gasteiger partial charge in [-0.2, -0.15) is 0 Å². The Kier molecular flexibility index (Phi) is 5.75. The number of rotatable bonds is 3. The maximum absolute atomic E-state index is 13.1. The Bertz CT molecular complexity index is 1070. The molecule has 0 aliphatic carbocycles. The van der Waals surface area contributed by atoms with Gasteiger partial charge in [-0.15, -0.1) is 0 Å². The smallest absolute Gasteiger partial charge is 0.410 e. The highest BCUT2D eigenvalue weighted by Gasteiger charge is 2.48. The van der Waals surface area contributed by atoms with Gasteiger partial charge in [-0.05, 0) is 74.8 Å². The normalized spacial score (nSPS) is 27.6. The first kappa shape index (κ1) is 22.5. The van der Waals surface area contributed by atoms with Crippen molar-refractivity contribution in [3.8, 4) is 0 Å². The molecule has 9 nitrogen and oxygen atoms in total. The van der Waals surface area contributed by atoms with E-state index in [0.717, 1.165) is 51.6 Å². The van der Waals surface area contributed by atoms with Crippen molar-refractivity contribution >= 4 is 12.0 Å². The van der Waals surface area contributed by atoms with E-state index in [0.29, 0.717) is 37.8 Å². The molecular formula is C26H33N5O4. The molecule has 9 heteroatoms. The van der Waals surface area contributed by atoms with Gasteiger partial charge >= 0.3 is 6.09 Å². The van der Waals surface area contributed by atoms with Crippen LogP contribution in [0.3, 0.4) is 0 Å². The van der Waals surface area contributed by atoms with E-state index < -0.39 is 0 Å². The first-order chi connectivity index (χ1) is 17.1. The zero-order valence-electron chi connectivity index (χ0n) is 20.3. The minimum Gasteiger partial charge on any atom is -0.450 e. The molecule has 1 aromatic carbocycles. The third-order valence-electron chi connectivity index (χ3n) is 8.77. The molecule has 0 radical (unpaired) electrons. The molecule has 3 saturated heterocycles. The second-order valence-corrected chi connectivity index (χ2v) is 10.5. The van der Waals surface area contributed by atoms with Crippen LogP contribution in [0.5, 0.6) is 0 Å². The van der Waals surface area contributed by atoms with Crippen molar-refractivity contribution in [1.82, 2.24) is 25.0 Å². The summed E-state index contributed by atoms with van der Waals surface area (Å²) < 4.78 is 10.0. The number of amides is 2. The first-order valence-corrected chi connectivity index (χ1v) is 12.9. The molecule has 186 valence electrons. The Morgan fingerprint density at radius 1 is 1.11 bits per heavy atom. The summed E-state index contributed by atoms with van der Waals surface area (Å²) in [7, 11) is 0. The van der Waals surface area contributed by atoms with E-state index in [1.807, 2.05) is 16.7 Å². The van der Waals surface area contributed by atoms with E-state index in [2.05, 4.69) is 44.1 Å². The second-order valence-electron chi connectivity index (χ2n) is 10.5. The molecule has 4 aliphatic rings. The third kappa shape index (κ3) is 3.90. The van der Waals surface area contributed by atoms with E-state index >= 15 is 0 Å². The van der Waals surface area contributed by atoms with E-state index in [4.69, 9.17) is 4.74 Å². The molecule has 0 saturated carbocycles. The summed E-state index contributed by atoms with van der Waals surface area (Å²) in [4.78, 5) is 32.2.